The lowest BCUT2D eigenvalue weighted by Crippen LogP contribution is -2.14. The first-order valence-corrected chi connectivity index (χ1v) is 12.5. The standard InChI is InChI=1S/C29H22ClIN2O3/c1-18-10-11-23(30)15-26(18)33-29(34)22(16-32)12-19-13-25(31)28(27(14-19)35-2)36-17-21-8-5-7-20-6-3-4-9-24(20)21/h3-15H,17H2,1-2H3,(H,33,34)/b22-12+. The second kappa shape index (κ2) is 11.5. The SMILES string of the molecule is COc1cc(/C=C(\C#N)C(=O)Nc2cc(Cl)ccc2C)cc(I)c1OCc1cccc2ccccc12. The Morgan fingerprint density at radius 1 is 1.11 bits per heavy atom. The highest BCUT2D eigenvalue weighted by molar-refractivity contribution is 14.1. The summed E-state index contributed by atoms with van der Waals surface area (Å²) in [5, 5.41) is 15.2. The zero-order valence-electron chi connectivity index (χ0n) is 19.6. The van der Waals surface area contributed by atoms with E-state index in [1.165, 1.54) is 6.08 Å². The van der Waals surface area contributed by atoms with Crippen molar-refractivity contribution in [2.75, 3.05) is 12.4 Å². The largest absolute Gasteiger partial charge is 0.493 e. The van der Waals surface area contributed by atoms with Gasteiger partial charge in [-0.15, -0.1) is 0 Å². The summed E-state index contributed by atoms with van der Waals surface area (Å²) in [7, 11) is 1.56. The number of nitriles is 1. The van der Waals surface area contributed by atoms with E-state index < -0.39 is 5.91 Å². The van der Waals surface area contributed by atoms with Crippen LogP contribution in [0.5, 0.6) is 11.5 Å². The molecule has 0 aliphatic heterocycles. The summed E-state index contributed by atoms with van der Waals surface area (Å²) in [5.74, 6) is 0.589. The molecule has 0 fully saturated rings. The maximum atomic E-state index is 12.8. The minimum Gasteiger partial charge on any atom is -0.493 e. The molecule has 0 bridgehead atoms. The number of amides is 1. The number of carbonyl (C=O) groups excluding carboxylic acids is 1. The Morgan fingerprint density at radius 3 is 2.67 bits per heavy atom. The van der Waals surface area contributed by atoms with E-state index in [2.05, 4.69) is 46.1 Å². The predicted molar refractivity (Wildman–Crippen MR) is 152 cm³/mol. The predicted octanol–water partition coefficient (Wildman–Crippen LogP) is 7.54. The van der Waals surface area contributed by atoms with E-state index in [9.17, 15) is 10.1 Å². The molecule has 7 heteroatoms. The molecule has 5 nitrogen and oxygen atoms in total. The van der Waals surface area contributed by atoms with Crippen molar-refractivity contribution in [3.63, 3.8) is 0 Å². The Morgan fingerprint density at radius 2 is 1.89 bits per heavy atom. The molecule has 1 amide bonds. The molecule has 0 aliphatic carbocycles. The highest BCUT2D eigenvalue weighted by atomic mass is 127. The van der Waals surface area contributed by atoms with Gasteiger partial charge in [0.1, 0.15) is 18.2 Å². The maximum Gasteiger partial charge on any atom is 0.266 e. The maximum absolute atomic E-state index is 12.8. The lowest BCUT2D eigenvalue weighted by molar-refractivity contribution is -0.112. The first-order chi connectivity index (χ1) is 17.4. The number of methoxy groups -OCH3 is 1. The third-order valence-electron chi connectivity index (χ3n) is 5.63. The molecule has 0 aromatic heterocycles. The van der Waals surface area contributed by atoms with Gasteiger partial charge in [-0.25, -0.2) is 0 Å². The second-order valence-corrected chi connectivity index (χ2v) is 9.64. The van der Waals surface area contributed by atoms with Crippen molar-refractivity contribution < 1.29 is 14.3 Å². The summed E-state index contributed by atoms with van der Waals surface area (Å²) in [6, 6.07) is 25.0. The van der Waals surface area contributed by atoms with Gasteiger partial charge in [-0.2, -0.15) is 5.26 Å². The van der Waals surface area contributed by atoms with Crippen molar-refractivity contribution in [3.8, 4) is 17.6 Å². The Kier molecular flexibility index (Phi) is 8.14. The lowest BCUT2D eigenvalue weighted by Gasteiger charge is -2.15. The monoisotopic (exact) mass is 608 g/mol. The zero-order valence-corrected chi connectivity index (χ0v) is 22.6. The van der Waals surface area contributed by atoms with Gasteiger partial charge >= 0.3 is 0 Å². The minimum absolute atomic E-state index is 0.0448. The van der Waals surface area contributed by atoms with Crippen LogP contribution < -0.4 is 14.8 Å². The summed E-state index contributed by atoms with van der Waals surface area (Å²) in [5.41, 5.74) is 3.06. The molecule has 0 atom stereocenters. The number of hydrogen-bond acceptors (Lipinski definition) is 4. The van der Waals surface area contributed by atoms with Gasteiger partial charge in [0.2, 0.25) is 0 Å². The van der Waals surface area contributed by atoms with Crippen LogP contribution in [0.25, 0.3) is 16.8 Å². The van der Waals surface area contributed by atoms with Gasteiger partial charge in [0.05, 0.1) is 10.7 Å². The molecule has 0 saturated carbocycles. The molecule has 0 saturated heterocycles. The van der Waals surface area contributed by atoms with E-state index in [0.29, 0.717) is 34.4 Å². The fourth-order valence-electron chi connectivity index (χ4n) is 3.77. The Hall–Kier alpha value is -3.54. The topological polar surface area (TPSA) is 71.3 Å². The molecule has 0 aliphatic rings. The Balaban J connectivity index is 1.58. The van der Waals surface area contributed by atoms with Crippen molar-refractivity contribution in [2.24, 2.45) is 0 Å². The fraction of sp³-hybridized carbons (Fsp3) is 0.103. The average molecular weight is 609 g/mol. The molecule has 0 unspecified atom stereocenters. The Labute approximate surface area is 228 Å². The van der Waals surface area contributed by atoms with Crippen LogP contribution in [0.1, 0.15) is 16.7 Å². The van der Waals surface area contributed by atoms with Crippen molar-refractivity contribution in [1.29, 1.82) is 5.26 Å². The zero-order chi connectivity index (χ0) is 25.7. The van der Waals surface area contributed by atoms with Gasteiger partial charge in [-0.1, -0.05) is 60.1 Å². The second-order valence-electron chi connectivity index (χ2n) is 8.04. The van der Waals surface area contributed by atoms with Gasteiger partial charge in [-0.05, 0) is 87.3 Å². The normalized spacial score (nSPS) is 11.1. The highest BCUT2D eigenvalue weighted by Crippen LogP contribution is 2.36. The van der Waals surface area contributed by atoms with E-state index in [0.717, 1.165) is 25.5 Å². The summed E-state index contributed by atoms with van der Waals surface area (Å²) < 4.78 is 12.6. The average Bonchev–Trinajstić information content (AvgIpc) is 2.88. The van der Waals surface area contributed by atoms with Gasteiger partial charge in [-0.3, -0.25) is 4.79 Å². The highest BCUT2D eigenvalue weighted by Gasteiger charge is 2.15. The van der Waals surface area contributed by atoms with Crippen LogP contribution in [0.15, 0.2) is 78.4 Å². The first kappa shape index (κ1) is 25.5. The van der Waals surface area contributed by atoms with Crippen LogP contribution in [-0.4, -0.2) is 13.0 Å². The van der Waals surface area contributed by atoms with Gasteiger partial charge < -0.3 is 14.8 Å². The number of nitrogens with one attached hydrogen (secondary N) is 1. The molecule has 4 aromatic carbocycles. The summed E-state index contributed by atoms with van der Waals surface area (Å²) in [6.45, 7) is 2.22. The van der Waals surface area contributed by atoms with Crippen molar-refractivity contribution in [2.45, 2.75) is 13.5 Å². The third kappa shape index (κ3) is 5.81. The summed E-state index contributed by atoms with van der Waals surface area (Å²) in [6.07, 6.45) is 1.52. The molecule has 4 rings (SSSR count). The van der Waals surface area contributed by atoms with Crippen LogP contribution in [0, 0.1) is 21.8 Å². The molecule has 36 heavy (non-hydrogen) atoms. The van der Waals surface area contributed by atoms with Gasteiger partial charge in [0.25, 0.3) is 5.91 Å². The molecule has 180 valence electrons. The van der Waals surface area contributed by atoms with Crippen LogP contribution in [0.3, 0.4) is 0 Å². The van der Waals surface area contributed by atoms with Crippen molar-refractivity contribution in [3.05, 3.63) is 104 Å². The summed E-state index contributed by atoms with van der Waals surface area (Å²) >= 11 is 8.21. The number of anilines is 1. The van der Waals surface area contributed by atoms with Crippen LogP contribution in [0.2, 0.25) is 5.02 Å². The van der Waals surface area contributed by atoms with E-state index >= 15 is 0 Å². The molecule has 0 radical (unpaired) electrons. The van der Waals surface area contributed by atoms with Crippen molar-refractivity contribution >= 4 is 62.6 Å². The first-order valence-electron chi connectivity index (χ1n) is 11.1. The summed E-state index contributed by atoms with van der Waals surface area (Å²) in [4.78, 5) is 12.8. The van der Waals surface area contributed by atoms with Crippen LogP contribution in [0.4, 0.5) is 5.69 Å². The Bertz CT molecular complexity index is 1520. The fourth-order valence-corrected chi connectivity index (χ4v) is 4.72. The smallest absolute Gasteiger partial charge is 0.266 e. The van der Waals surface area contributed by atoms with Crippen molar-refractivity contribution in [1.82, 2.24) is 0 Å². The molecule has 4 aromatic rings. The van der Waals surface area contributed by atoms with E-state index in [1.807, 2.05) is 43.3 Å². The third-order valence-corrected chi connectivity index (χ3v) is 6.66. The van der Waals surface area contributed by atoms with Crippen LogP contribution >= 0.6 is 34.2 Å². The number of fused-ring (bicyclic) bond motifs is 1. The van der Waals surface area contributed by atoms with Gasteiger partial charge in [0.15, 0.2) is 11.5 Å². The number of halogens is 2. The van der Waals surface area contributed by atoms with Gasteiger partial charge in [0, 0.05) is 10.7 Å². The molecule has 0 spiro atoms. The quantitative estimate of drug-likeness (QED) is 0.134. The number of benzene rings is 4. The number of nitrogens with zero attached hydrogens (tertiary/aromatic N) is 1. The molecular weight excluding hydrogens is 587 g/mol. The number of rotatable bonds is 7. The lowest BCUT2D eigenvalue weighted by atomic mass is 10.1. The van der Waals surface area contributed by atoms with E-state index in [-0.39, 0.29) is 5.57 Å². The minimum atomic E-state index is -0.520. The number of hydrogen-bond donors (Lipinski definition) is 1. The molecule has 0 heterocycles. The van der Waals surface area contributed by atoms with E-state index in [4.69, 9.17) is 21.1 Å². The molecule has 1 N–H and O–H groups in total. The van der Waals surface area contributed by atoms with E-state index in [1.54, 1.807) is 31.4 Å². The number of aryl methyl sites for hydroxylation is 1. The number of ether oxygens (including phenoxy) is 2. The molecular formula is C29H22ClIN2O3. The number of carbonyl (C=O) groups is 1. The van der Waals surface area contributed by atoms with Crippen LogP contribution in [-0.2, 0) is 11.4 Å².